The molecule has 2 N–H and O–H groups in total. The largest absolute Gasteiger partial charge is 0.392 e. The van der Waals surface area contributed by atoms with E-state index in [4.69, 9.17) is 0 Å². The Morgan fingerprint density at radius 1 is 1.29 bits per heavy atom. The Morgan fingerprint density at radius 2 is 2.18 bits per heavy atom. The average molecular weight is 237 g/mol. The number of nitrogens with one attached hydrogen (secondary N) is 1. The van der Waals surface area contributed by atoms with Crippen LogP contribution in [0.25, 0.3) is 0 Å². The Balaban J connectivity index is 1.53. The van der Waals surface area contributed by atoms with Crippen molar-refractivity contribution in [3.63, 3.8) is 0 Å². The monoisotopic (exact) mass is 237 g/mol. The molecule has 0 radical (unpaired) electrons. The van der Waals surface area contributed by atoms with Crippen molar-refractivity contribution in [3.8, 4) is 0 Å². The predicted octanol–water partition coefficient (Wildman–Crippen LogP) is 1.56. The quantitative estimate of drug-likeness (QED) is 0.738. The Bertz CT molecular complexity index is 300. The minimum absolute atomic E-state index is 0.127. The van der Waals surface area contributed by atoms with E-state index in [2.05, 4.69) is 14.9 Å². The standard InChI is InChI=1S/C13H23N3O/c17-13-6-2-1-5-12(13)15-7-3-4-9-16-10-8-14-11-16/h8,10-13,15,17H,1-7,9H2/t12-,13-/m1/s1. The van der Waals surface area contributed by atoms with Crippen LogP contribution in [0.5, 0.6) is 0 Å². The number of aliphatic hydroxyl groups is 1. The lowest BCUT2D eigenvalue weighted by Gasteiger charge is -2.28. The van der Waals surface area contributed by atoms with Crippen molar-refractivity contribution in [2.75, 3.05) is 6.54 Å². The summed E-state index contributed by atoms with van der Waals surface area (Å²) in [6, 6.07) is 0.331. The molecule has 0 bridgehead atoms. The van der Waals surface area contributed by atoms with Gasteiger partial charge in [-0.1, -0.05) is 12.8 Å². The molecule has 1 fully saturated rings. The first-order chi connectivity index (χ1) is 8.36. The summed E-state index contributed by atoms with van der Waals surface area (Å²) in [5, 5.41) is 13.3. The number of unbranched alkanes of at least 4 members (excludes halogenated alkanes) is 1. The van der Waals surface area contributed by atoms with Crippen molar-refractivity contribution >= 4 is 0 Å². The van der Waals surface area contributed by atoms with Crippen LogP contribution < -0.4 is 5.32 Å². The molecular weight excluding hydrogens is 214 g/mol. The summed E-state index contributed by atoms with van der Waals surface area (Å²) < 4.78 is 2.11. The lowest BCUT2D eigenvalue weighted by molar-refractivity contribution is 0.0909. The second-order valence-corrected chi connectivity index (χ2v) is 4.92. The van der Waals surface area contributed by atoms with Crippen LogP contribution in [0.15, 0.2) is 18.7 Å². The smallest absolute Gasteiger partial charge is 0.0945 e. The van der Waals surface area contributed by atoms with Crippen LogP contribution in [0.1, 0.15) is 38.5 Å². The molecular formula is C13H23N3O. The van der Waals surface area contributed by atoms with Gasteiger partial charge in [0.1, 0.15) is 0 Å². The highest BCUT2D eigenvalue weighted by Gasteiger charge is 2.21. The maximum absolute atomic E-state index is 9.80. The van der Waals surface area contributed by atoms with Gasteiger partial charge in [0.15, 0.2) is 0 Å². The molecule has 1 aliphatic carbocycles. The first-order valence-electron chi connectivity index (χ1n) is 6.73. The zero-order valence-electron chi connectivity index (χ0n) is 10.4. The number of aryl methyl sites for hydroxylation is 1. The Hall–Kier alpha value is -0.870. The minimum atomic E-state index is -0.127. The Morgan fingerprint density at radius 3 is 2.94 bits per heavy atom. The predicted molar refractivity (Wildman–Crippen MR) is 67.7 cm³/mol. The molecule has 1 saturated carbocycles. The maximum Gasteiger partial charge on any atom is 0.0945 e. The molecule has 0 saturated heterocycles. The molecule has 1 heterocycles. The van der Waals surface area contributed by atoms with Crippen molar-refractivity contribution in [1.82, 2.24) is 14.9 Å². The first kappa shape index (κ1) is 12.6. The van der Waals surface area contributed by atoms with Gasteiger partial charge in [0.25, 0.3) is 0 Å². The highest BCUT2D eigenvalue weighted by atomic mass is 16.3. The molecule has 2 rings (SSSR count). The van der Waals surface area contributed by atoms with Gasteiger partial charge < -0.3 is 15.0 Å². The van der Waals surface area contributed by atoms with E-state index in [1.54, 1.807) is 0 Å². The molecule has 0 aromatic carbocycles. The zero-order valence-corrected chi connectivity index (χ0v) is 10.4. The second-order valence-electron chi connectivity index (χ2n) is 4.92. The number of rotatable bonds is 6. The lowest BCUT2D eigenvalue weighted by atomic mass is 9.92. The Kier molecular flexibility index (Phi) is 5.01. The van der Waals surface area contributed by atoms with Crippen molar-refractivity contribution in [3.05, 3.63) is 18.7 Å². The highest BCUT2D eigenvalue weighted by molar-refractivity contribution is 4.80. The summed E-state index contributed by atoms with van der Waals surface area (Å²) in [7, 11) is 0. The van der Waals surface area contributed by atoms with Crippen LogP contribution in [0.3, 0.4) is 0 Å². The zero-order chi connectivity index (χ0) is 11.9. The molecule has 0 spiro atoms. The van der Waals surface area contributed by atoms with Crippen LogP contribution in [0, 0.1) is 0 Å². The van der Waals surface area contributed by atoms with E-state index in [0.29, 0.717) is 6.04 Å². The van der Waals surface area contributed by atoms with Gasteiger partial charge in [-0.25, -0.2) is 4.98 Å². The number of aliphatic hydroxyl groups excluding tert-OH is 1. The number of nitrogens with zero attached hydrogens (tertiary/aromatic N) is 2. The van der Waals surface area contributed by atoms with Crippen molar-refractivity contribution < 1.29 is 5.11 Å². The van der Waals surface area contributed by atoms with E-state index < -0.39 is 0 Å². The van der Waals surface area contributed by atoms with Gasteiger partial charge in [-0.2, -0.15) is 0 Å². The molecule has 2 atom stereocenters. The fraction of sp³-hybridized carbons (Fsp3) is 0.769. The van der Waals surface area contributed by atoms with Crippen molar-refractivity contribution in [2.24, 2.45) is 0 Å². The molecule has 4 heteroatoms. The summed E-state index contributed by atoms with van der Waals surface area (Å²) in [6.07, 6.45) is 12.4. The van der Waals surface area contributed by atoms with Gasteiger partial charge in [0.05, 0.1) is 12.4 Å². The van der Waals surface area contributed by atoms with E-state index in [-0.39, 0.29) is 6.10 Å². The third kappa shape index (κ3) is 4.13. The van der Waals surface area contributed by atoms with Crippen molar-refractivity contribution in [1.29, 1.82) is 0 Å². The van der Waals surface area contributed by atoms with Gasteiger partial charge in [0, 0.05) is 25.0 Å². The fourth-order valence-corrected chi connectivity index (χ4v) is 2.48. The van der Waals surface area contributed by atoms with Gasteiger partial charge in [-0.3, -0.25) is 0 Å². The lowest BCUT2D eigenvalue weighted by Crippen LogP contribution is -2.42. The molecule has 4 nitrogen and oxygen atoms in total. The van der Waals surface area contributed by atoms with Crippen molar-refractivity contribution in [2.45, 2.75) is 57.2 Å². The topological polar surface area (TPSA) is 50.1 Å². The average Bonchev–Trinajstić information content (AvgIpc) is 2.84. The summed E-state index contributed by atoms with van der Waals surface area (Å²) in [5.41, 5.74) is 0. The van der Waals surface area contributed by atoms with Gasteiger partial charge >= 0.3 is 0 Å². The molecule has 96 valence electrons. The van der Waals surface area contributed by atoms with E-state index >= 15 is 0 Å². The van der Waals surface area contributed by atoms with Gasteiger partial charge in [0.2, 0.25) is 0 Å². The van der Waals surface area contributed by atoms with Gasteiger partial charge in [-0.15, -0.1) is 0 Å². The van der Waals surface area contributed by atoms with E-state index in [1.807, 2.05) is 18.7 Å². The number of imidazole rings is 1. The normalized spacial score (nSPS) is 25.0. The highest BCUT2D eigenvalue weighted by Crippen LogP contribution is 2.18. The fourth-order valence-electron chi connectivity index (χ4n) is 2.48. The first-order valence-corrected chi connectivity index (χ1v) is 6.73. The molecule has 1 aromatic rings. The molecule has 0 unspecified atom stereocenters. The van der Waals surface area contributed by atoms with E-state index in [1.165, 1.54) is 12.8 Å². The number of hydrogen-bond donors (Lipinski definition) is 2. The second kappa shape index (κ2) is 6.77. The third-order valence-electron chi connectivity index (χ3n) is 3.54. The molecule has 1 aliphatic rings. The summed E-state index contributed by atoms with van der Waals surface area (Å²) >= 11 is 0. The summed E-state index contributed by atoms with van der Waals surface area (Å²) in [5.74, 6) is 0. The minimum Gasteiger partial charge on any atom is -0.392 e. The van der Waals surface area contributed by atoms with Crippen LogP contribution in [0.2, 0.25) is 0 Å². The number of aromatic nitrogens is 2. The van der Waals surface area contributed by atoms with E-state index in [0.717, 1.165) is 38.8 Å². The molecule has 0 aliphatic heterocycles. The maximum atomic E-state index is 9.80. The molecule has 0 amide bonds. The Labute approximate surface area is 103 Å². The molecule has 1 aromatic heterocycles. The SMILES string of the molecule is O[C@@H]1CCCC[C@H]1NCCCCn1ccnc1. The van der Waals surface area contributed by atoms with Crippen LogP contribution in [0.4, 0.5) is 0 Å². The van der Waals surface area contributed by atoms with Crippen LogP contribution in [-0.4, -0.2) is 33.3 Å². The number of hydrogen-bond acceptors (Lipinski definition) is 3. The van der Waals surface area contributed by atoms with Gasteiger partial charge in [-0.05, 0) is 32.2 Å². The third-order valence-corrected chi connectivity index (χ3v) is 3.54. The molecule has 17 heavy (non-hydrogen) atoms. The summed E-state index contributed by atoms with van der Waals surface area (Å²) in [4.78, 5) is 4.02. The summed E-state index contributed by atoms with van der Waals surface area (Å²) in [6.45, 7) is 2.05. The van der Waals surface area contributed by atoms with E-state index in [9.17, 15) is 5.11 Å². The van der Waals surface area contributed by atoms with Crippen LogP contribution >= 0.6 is 0 Å². The van der Waals surface area contributed by atoms with Crippen LogP contribution in [-0.2, 0) is 6.54 Å².